The fraction of sp³-hybridized carbons (Fsp3) is 0.750. The lowest BCUT2D eigenvalue weighted by atomic mass is 10.2. The van der Waals surface area contributed by atoms with Crippen molar-refractivity contribution < 1.29 is 9.59 Å². The van der Waals surface area contributed by atoms with Crippen LogP contribution < -0.4 is 0 Å². The van der Waals surface area contributed by atoms with Crippen LogP contribution in [0.5, 0.6) is 0 Å². The maximum Gasteiger partial charge on any atom is 0.242 e. The van der Waals surface area contributed by atoms with E-state index in [0.717, 1.165) is 56.8 Å². The summed E-state index contributed by atoms with van der Waals surface area (Å²) >= 11 is 0. The first kappa shape index (κ1) is 16.0. The second-order valence-electron chi connectivity index (χ2n) is 6.56. The molecule has 3 heterocycles. The van der Waals surface area contributed by atoms with E-state index < -0.39 is 0 Å². The number of likely N-dealkylation sites (tertiary alicyclic amines) is 1. The molecule has 0 spiro atoms. The Morgan fingerprint density at radius 3 is 2.78 bits per heavy atom. The second kappa shape index (κ2) is 6.68. The summed E-state index contributed by atoms with van der Waals surface area (Å²) in [6.07, 6.45) is 6.40. The molecule has 126 valence electrons. The molecule has 23 heavy (non-hydrogen) atoms. The molecule has 0 radical (unpaired) electrons. The van der Waals surface area contributed by atoms with Gasteiger partial charge >= 0.3 is 0 Å². The van der Waals surface area contributed by atoms with Crippen LogP contribution in [-0.2, 0) is 22.6 Å². The van der Waals surface area contributed by atoms with Crippen molar-refractivity contribution in [2.45, 2.75) is 58.0 Å². The Labute approximate surface area is 136 Å². The molecule has 1 aromatic rings. The molecule has 7 heteroatoms. The number of hydrogen-bond donors (Lipinski definition) is 0. The molecule has 0 saturated carbocycles. The summed E-state index contributed by atoms with van der Waals surface area (Å²) in [5.74, 6) is 1.89. The predicted octanol–water partition coefficient (Wildman–Crippen LogP) is 1.15. The molecule has 1 unspecified atom stereocenters. The zero-order valence-electron chi connectivity index (χ0n) is 14.0. The van der Waals surface area contributed by atoms with Crippen LogP contribution in [0.4, 0.5) is 0 Å². The fourth-order valence-corrected chi connectivity index (χ4v) is 3.49. The number of fused-ring (bicyclic) bond motifs is 1. The van der Waals surface area contributed by atoms with Gasteiger partial charge in [0.2, 0.25) is 11.8 Å². The van der Waals surface area contributed by atoms with Crippen LogP contribution >= 0.6 is 0 Å². The van der Waals surface area contributed by atoms with Crippen molar-refractivity contribution in [3.63, 3.8) is 0 Å². The van der Waals surface area contributed by atoms with E-state index in [1.165, 1.54) is 18.2 Å². The highest BCUT2D eigenvalue weighted by atomic mass is 16.2. The van der Waals surface area contributed by atoms with Crippen molar-refractivity contribution >= 4 is 11.8 Å². The number of aromatic nitrogens is 3. The number of hydrogen-bond acceptors (Lipinski definition) is 4. The van der Waals surface area contributed by atoms with Gasteiger partial charge in [0.15, 0.2) is 5.82 Å². The third kappa shape index (κ3) is 3.23. The third-order valence-corrected chi connectivity index (χ3v) is 4.92. The van der Waals surface area contributed by atoms with E-state index in [-0.39, 0.29) is 24.4 Å². The predicted molar refractivity (Wildman–Crippen MR) is 84.6 cm³/mol. The number of rotatable bonds is 3. The number of amides is 2. The maximum absolute atomic E-state index is 12.6. The molecule has 3 rings (SSSR count). The fourth-order valence-electron chi connectivity index (χ4n) is 3.49. The standard InChI is InChI=1S/C16H25N5O2/c1-12(22)19(2)11-15(23)20-10-6-7-13(20)16-18-17-14-8-4-3-5-9-21(14)16/h13H,3-11H2,1-2H3. The number of carbonyl (C=O) groups is 2. The van der Waals surface area contributed by atoms with Crippen LogP contribution in [-0.4, -0.2) is 56.5 Å². The van der Waals surface area contributed by atoms with Gasteiger partial charge in [-0.2, -0.15) is 0 Å². The van der Waals surface area contributed by atoms with Gasteiger partial charge in [-0.25, -0.2) is 0 Å². The van der Waals surface area contributed by atoms with Gasteiger partial charge in [0, 0.05) is 33.5 Å². The topological polar surface area (TPSA) is 71.3 Å². The minimum absolute atomic E-state index is 0.00204. The lowest BCUT2D eigenvalue weighted by Gasteiger charge is -2.26. The molecule has 0 N–H and O–H groups in total. The van der Waals surface area contributed by atoms with E-state index in [2.05, 4.69) is 14.8 Å². The number of carbonyl (C=O) groups excluding carboxylic acids is 2. The van der Waals surface area contributed by atoms with E-state index in [1.807, 2.05) is 4.90 Å². The lowest BCUT2D eigenvalue weighted by Crippen LogP contribution is -2.40. The van der Waals surface area contributed by atoms with Crippen molar-refractivity contribution in [1.29, 1.82) is 0 Å². The Hall–Kier alpha value is -1.92. The molecule has 2 aliphatic rings. The molecule has 0 aliphatic carbocycles. The summed E-state index contributed by atoms with van der Waals surface area (Å²) in [5, 5.41) is 8.76. The van der Waals surface area contributed by atoms with Crippen LogP contribution in [0.3, 0.4) is 0 Å². The number of nitrogens with zero attached hydrogens (tertiary/aromatic N) is 5. The van der Waals surface area contributed by atoms with Crippen molar-refractivity contribution in [3.8, 4) is 0 Å². The van der Waals surface area contributed by atoms with Crippen molar-refractivity contribution in [3.05, 3.63) is 11.6 Å². The van der Waals surface area contributed by atoms with E-state index in [0.29, 0.717) is 0 Å². The van der Waals surface area contributed by atoms with Crippen LogP contribution in [0.1, 0.15) is 56.7 Å². The van der Waals surface area contributed by atoms with Gasteiger partial charge in [0.1, 0.15) is 5.82 Å². The zero-order valence-corrected chi connectivity index (χ0v) is 14.0. The van der Waals surface area contributed by atoms with E-state index in [1.54, 1.807) is 7.05 Å². The molecular weight excluding hydrogens is 294 g/mol. The first-order valence-electron chi connectivity index (χ1n) is 8.51. The molecule has 2 amide bonds. The smallest absolute Gasteiger partial charge is 0.242 e. The summed E-state index contributed by atoms with van der Waals surface area (Å²) in [5.41, 5.74) is 0. The minimum atomic E-state index is -0.0922. The average Bonchev–Trinajstić information content (AvgIpc) is 3.08. The summed E-state index contributed by atoms with van der Waals surface area (Å²) in [7, 11) is 1.66. The normalized spacial score (nSPS) is 21.0. The molecule has 7 nitrogen and oxygen atoms in total. The average molecular weight is 319 g/mol. The Balaban J connectivity index is 1.78. The third-order valence-electron chi connectivity index (χ3n) is 4.92. The summed E-state index contributed by atoms with van der Waals surface area (Å²) in [4.78, 5) is 27.3. The Morgan fingerprint density at radius 1 is 1.17 bits per heavy atom. The Morgan fingerprint density at radius 2 is 2.00 bits per heavy atom. The summed E-state index contributed by atoms with van der Waals surface area (Å²) < 4.78 is 2.22. The van der Waals surface area contributed by atoms with Crippen LogP contribution in [0.25, 0.3) is 0 Å². The van der Waals surface area contributed by atoms with Crippen molar-refractivity contribution in [2.75, 3.05) is 20.1 Å². The first-order chi connectivity index (χ1) is 11.1. The molecule has 2 aliphatic heterocycles. The maximum atomic E-state index is 12.6. The molecule has 1 fully saturated rings. The molecule has 0 bridgehead atoms. The SMILES string of the molecule is CC(=O)N(C)CC(=O)N1CCCC1c1nnc2n1CCCCC2. The molecule has 1 saturated heterocycles. The van der Waals surface area contributed by atoms with E-state index >= 15 is 0 Å². The van der Waals surface area contributed by atoms with Gasteiger partial charge in [-0.1, -0.05) is 6.42 Å². The van der Waals surface area contributed by atoms with Crippen LogP contribution in [0, 0.1) is 0 Å². The lowest BCUT2D eigenvalue weighted by molar-refractivity contribution is -0.139. The largest absolute Gasteiger partial charge is 0.337 e. The van der Waals surface area contributed by atoms with E-state index in [4.69, 9.17) is 0 Å². The molecular formula is C16H25N5O2. The van der Waals surface area contributed by atoms with Crippen LogP contribution in [0.2, 0.25) is 0 Å². The van der Waals surface area contributed by atoms with Gasteiger partial charge in [0.05, 0.1) is 12.6 Å². The summed E-state index contributed by atoms with van der Waals surface area (Å²) in [6.45, 7) is 3.29. The van der Waals surface area contributed by atoms with Gasteiger partial charge in [-0.15, -0.1) is 10.2 Å². The Kier molecular flexibility index (Phi) is 4.63. The van der Waals surface area contributed by atoms with Crippen LogP contribution in [0.15, 0.2) is 0 Å². The van der Waals surface area contributed by atoms with Gasteiger partial charge in [-0.05, 0) is 25.7 Å². The highest BCUT2D eigenvalue weighted by Gasteiger charge is 2.34. The highest BCUT2D eigenvalue weighted by molar-refractivity contribution is 5.84. The molecule has 1 aromatic heterocycles. The zero-order chi connectivity index (χ0) is 16.4. The first-order valence-corrected chi connectivity index (χ1v) is 8.51. The number of likely N-dealkylation sites (N-methyl/N-ethyl adjacent to an activating group) is 1. The second-order valence-corrected chi connectivity index (χ2v) is 6.56. The van der Waals surface area contributed by atoms with E-state index in [9.17, 15) is 9.59 Å². The summed E-state index contributed by atoms with van der Waals surface area (Å²) in [6, 6.07) is 0.00204. The Bertz CT molecular complexity index is 597. The van der Waals surface area contributed by atoms with Crippen molar-refractivity contribution in [1.82, 2.24) is 24.6 Å². The minimum Gasteiger partial charge on any atom is -0.337 e. The van der Waals surface area contributed by atoms with Gasteiger partial charge in [-0.3, -0.25) is 9.59 Å². The highest BCUT2D eigenvalue weighted by Crippen LogP contribution is 2.32. The molecule has 0 aromatic carbocycles. The quantitative estimate of drug-likeness (QED) is 0.838. The van der Waals surface area contributed by atoms with Crippen molar-refractivity contribution in [2.24, 2.45) is 0 Å². The monoisotopic (exact) mass is 319 g/mol. The number of aryl methyl sites for hydroxylation is 1. The van der Waals surface area contributed by atoms with Gasteiger partial charge < -0.3 is 14.4 Å². The molecule has 1 atom stereocenters. The van der Waals surface area contributed by atoms with Gasteiger partial charge in [0.25, 0.3) is 0 Å².